The third-order valence-electron chi connectivity index (χ3n) is 5.73. The topological polar surface area (TPSA) is 71.3 Å². The molecule has 0 aliphatic carbocycles. The van der Waals surface area contributed by atoms with Gasteiger partial charge >= 0.3 is 0 Å². The zero-order valence-corrected chi connectivity index (χ0v) is 18.2. The van der Waals surface area contributed by atoms with E-state index in [0.717, 1.165) is 12.1 Å². The Morgan fingerprint density at radius 3 is 2.47 bits per heavy atom. The van der Waals surface area contributed by atoms with Crippen LogP contribution in [0.1, 0.15) is 49.1 Å². The van der Waals surface area contributed by atoms with E-state index < -0.39 is 0 Å². The van der Waals surface area contributed by atoms with E-state index in [1.165, 1.54) is 50.0 Å². The summed E-state index contributed by atoms with van der Waals surface area (Å²) in [6, 6.07) is 14.4. The number of hydrogen-bond acceptors (Lipinski definition) is 5. The second-order valence-corrected chi connectivity index (χ2v) is 8.30. The van der Waals surface area contributed by atoms with Crippen molar-refractivity contribution in [3.8, 4) is 11.4 Å². The van der Waals surface area contributed by atoms with Crippen molar-refractivity contribution in [2.75, 3.05) is 13.1 Å². The Labute approximate surface area is 187 Å². The first-order valence-electron chi connectivity index (χ1n) is 11.3. The minimum atomic E-state index is -0.308. The number of rotatable bonds is 9. The molecule has 0 atom stereocenters. The summed E-state index contributed by atoms with van der Waals surface area (Å²) in [5, 5.41) is 6.89. The molecule has 2 aromatic carbocycles. The van der Waals surface area contributed by atoms with Crippen molar-refractivity contribution in [1.82, 2.24) is 20.4 Å². The summed E-state index contributed by atoms with van der Waals surface area (Å²) in [6.45, 7) is 3.91. The Hall–Kier alpha value is -3.06. The van der Waals surface area contributed by atoms with Crippen LogP contribution in [0.5, 0.6) is 0 Å². The quantitative estimate of drug-likeness (QED) is 0.535. The predicted molar refractivity (Wildman–Crippen MR) is 120 cm³/mol. The summed E-state index contributed by atoms with van der Waals surface area (Å²) in [5.74, 6) is 0.590. The number of amides is 1. The molecule has 0 spiro atoms. The summed E-state index contributed by atoms with van der Waals surface area (Å²) >= 11 is 0. The van der Waals surface area contributed by atoms with Gasteiger partial charge < -0.3 is 9.84 Å². The highest BCUT2D eigenvalue weighted by Crippen LogP contribution is 2.17. The third kappa shape index (κ3) is 6.47. The molecule has 1 N–H and O–H groups in total. The third-order valence-corrected chi connectivity index (χ3v) is 5.73. The number of likely N-dealkylation sites (tertiary alicyclic amines) is 1. The summed E-state index contributed by atoms with van der Waals surface area (Å²) in [4.78, 5) is 19.0. The fraction of sp³-hybridized carbons (Fsp3) is 0.400. The van der Waals surface area contributed by atoms with E-state index in [2.05, 4.69) is 44.6 Å². The highest BCUT2D eigenvalue weighted by Gasteiger charge is 2.11. The summed E-state index contributed by atoms with van der Waals surface area (Å²) in [5.41, 5.74) is 3.12. The van der Waals surface area contributed by atoms with Gasteiger partial charge in [-0.3, -0.25) is 9.69 Å². The first-order valence-corrected chi connectivity index (χ1v) is 11.3. The van der Waals surface area contributed by atoms with Gasteiger partial charge in [0.05, 0.1) is 0 Å². The number of hydrogen-bond donors (Lipinski definition) is 1. The van der Waals surface area contributed by atoms with E-state index in [0.29, 0.717) is 43.1 Å². The van der Waals surface area contributed by atoms with Crippen molar-refractivity contribution in [3.05, 3.63) is 71.4 Å². The molecule has 0 saturated carbocycles. The lowest BCUT2D eigenvalue weighted by molar-refractivity contribution is -0.121. The number of nitrogens with one attached hydrogen (secondary N) is 1. The lowest BCUT2D eigenvalue weighted by Gasteiger charge is -2.26. The normalized spacial score (nSPS) is 14.4. The van der Waals surface area contributed by atoms with Crippen LogP contribution in [0.2, 0.25) is 0 Å². The van der Waals surface area contributed by atoms with Gasteiger partial charge in [0.1, 0.15) is 5.82 Å². The molecule has 7 heteroatoms. The van der Waals surface area contributed by atoms with E-state index in [9.17, 15) is 9.18 Å². The van der Waals surface area contributed by atoms with Gasteiger partial charge in [0.25, 0.3) is 0 Å². The lowest BCUT2D eigenvalue weighted by atomic mass is 10.1. The number of nitrogens with zero attached hydrogens (tertiary/aromatic N) is 3. The maximum absolute atomic E-state index is 13.0. The maximum Gasteiger partial charge on any atom is 0.226 e. The number of halogens is 1. The van der Waals surface area contributed by atoms with Gasteiger partial charge in [-0.25, -0.2) is 4.39 Å². The van der Waals surface area contributed by atoms with E-state index in [1.54, 1.807) is 12.1 Å². The molecule has 1 amide bonds. The summed E-state index contributed by atoms with van der Waals surface area (Å²) < 4.78 is 18.3. The smallest absolute Gasteiger partial charge is 0.226 e. The van der Waals surface area contributed by atoms with Crippen LogP contribution in [0.25, 0.3) is 11.4 Å². The molecule has 2 heterocycles. The molecule has 3 aromatic rings. The fourth-order valence-electron chi connectivity index (χ4n) is 3.90. The van der Waals surface area contributed by atoms with Gasteiger partial charge in [-0.2, -0.15) is 4.98 Å². The molecule has 1 aliphatic rings. The summed E-state index contributed by atoms with van der Waals surface area (Å²) in [7, 11) is 0. The van der Waals surface area contributed by atoms with Crippen molar-refractivity contribution in [2.45, 2.75) is 51.6 Å². The van der Waals surface area contributed by atoms with E-state index >= 15 is 0 Å². The average molecular weight is 437 g/mol. The molecule has 1 fully saturated rings. The van der Waals surface area contributed by atoms with Crippen LogP contribution >= 0.6 is 0 Å². The average Bonchev–Trinajstić information content (AvgIpc) is 3.29. The molecular formula is C25H29FN4O2. The van der Waals surface area contributed by atoms with E-state index in [-0.39, 0.29) is 11.7 Å². The van der Waals surface area contributed by atoms with Crippen molar-refractivity contribution >= 4 is 5.91 Å². The van der Waals surface area contributed by atoms with Crippen molar-refractivity contribution in [1.29, 1.82) is 0 Å². The molecule has 32 heavy (non-hydrogen) atoms. The Morgan fingerprint density at radius 1 is 1.00 bits per heavy atom. The Kier molecular flexibility index (Phi) is 7.61. The van der Waals surface area contributed by atoms with Crippen LogP contribution in [0.4, 0.5) is 4.39 Å². The number of aryl methyl sites for hydroxylation is 1. The van der Waals surface area contributed by atoms with Gasteiger partial charge in [-0.15, -0.1) is 0 Å². The van der Waals surface area contributed by atoms with Crippen molar-refractivity contribution in [3.63, 3.8) is 0 Å². The van der Waals surface area contributed by atoms with Crippen molar-refractivity contribution < 1.29 is 13.7 Å². The molecular weight excluding hydrogens is 407 g/mol. The molecule has 1 aliphatic heterocycles. The van der Waals surface area contributed by atoms with Crippen LogP contribution < -0.4 is 5.32 Å². The first kappa shape index (κ1) is 22.1. The first-order chi connectivity index (χ1) is 15.7. The van der Waals surface area contributed by atoms with Crippen molar-refractivity contribution in [2.24, 2.45) is 0 Å². The van der Waals surface area contributed by atoms with Crippen LogP contribution in [0.3, 0.4) is 0 Å². The Morgan fingerprint density at radius 2 is 1.72 bits per heavy atom. The molecule has 0 bridgehead atoms. The second-order valence-electron chi connectivity index (χ2n) is 8.30. The van der Waals surface area contributed by atoms with Crippen LogP contribution in [0.15, 0.2) is 53.1 Å². The van der Waals surface area contributed by atoms with E-state index in [4.69, 9.17) is 4.52 Å². The standard InChI is InChI=1S/C25H29FN4O2/c26-22-13-11-21(12-14-22)25-28-24(32-29-25)6-4-5-23(31)27-17-19-7-9-20(10-8-19)18-30-15-2-1-3-16-30/h7-14H,1-6,15-18H2,(H,27,31). The molecule has 168 valence electrons. The lowest BCUT2D eigenvalue weighted by Crippen LogP contribution is -2.29. The van der Waals surface area contributed by atoms with Gasteiger partial charge in [-0.1, -0.05) is 35.8 Å². The monoisotopic (exact) mass is 436 g/mol. The molecule has 4 rings (SSSR count). The van der Waals surface area contributed by atoms with Crippen LogP contribution in [-0.2, 0) is 24.3 Å². The number of aromatic nitrogens is 2. The maximum atomic E-state index is 13.0. The molecule has 0 unspecified atom stereocenters. The Bertz CT molecular complexity index is 996. The molecule has 6 nitrogen and oxygen atoms in total. The minimum absolute atomic E-state index is 0.000617. The van der Waals surface area contributed by atoms with Gasteiger partial charge in [0.15, 0.2) is 0 Å². The molecule has 0 radical (unpaired) electrons. The van der Waals surface area contributed by atoms with Gasteiger partial charge in [-0.05, 0) is 67.7 Å². The SMILES string of the molecule is O=C(CCCc1nc(-c2ccc(F)cc2)no1)NCc1ccc(CN2CCCCC2)cc1. The van der Waals surface area contributed by atoms with Crippen LogP contribution in [-0.4, -0.2) is 34.0 Å². The number of benzene rings is 2. The number of carbonyl (C=O) groups is 1. The molecule has 1 aromatic heterocycles. The predicted octanol–water partition coefficient (Wildman–Crippen LogP) is 4.50. The fourth-order valence-corrected chi connectivity index (χ4v) is 3.90. The number of piperidine rings is 1. The largest absolute Gasteiger partial charge is 0.352 e. The second kappa shape index (κ2) is 11.0. The minimum Gasteiger partial charge on any atom is -0.352 e. The summed E-state index contributed by atoms with van der Waals surface area (Å²) in [6.07, 6.45) is 5.47. The molecule has 1 saturated heterocycles. The zero-order valence-electron chi connectivity index (χ0n) is 18.2. The van der Waals surface area contributed by atoms with Gasteiger partial charge in [0, 0.05) is 31.5 Å². The highest BCUT2D eigenvalue weighted by atomic mass is 19.1. The van der Waals surface area contributed by atoms with Crippen LogP contribution in [0, 0.1) is 5.82 Å². The highest BCUT2D eigenvalue weighted by molar-refractivity contribution is 5.75. The van der Waals surface area contributed by atoms with E-state index in [1.807, 2.05) is 0 Å². The Balaban J connectivity index is 1.16. The van der Waals surface area contributed by atoms with Gasteiger partial charge in [0.2, 0.25) is 17.6 Å². The zero-order chi connectivity index (χ0) is 22.2. The number of carbonyl (C=O) groups excluding carboxylic acids is 1.